The van der Waals surface area contributed by atoms with Crippen LogP contribution < -0.4 is 15.8 Å². The van der Waals surface area contributed by atoms with Crippen molar-refractivity contribution >= 4 is 21.7 Å². The molecule has 0 aromatic carbocycles. The molecule has 0 radical (unpaired) electrons. The number of pyridine rings is 2. The molecule has 13 heteroatoms. The van der Waals surface area contributed by atoms with E-state index in [4.69, 9.17) is 10.5 Å². The van der Waals surface area contributed by atoms with E-state index in [2.05, 4.69) is 26.6 Å². The van der Waals surface area contributed by atoms with E-state index in [1.165, 1.54) is 0 Å². The topological polar surface area (TPSA) is 136 Å². The number of sulfonamides is 1. The molecule has 1 amide bonds. The first-order chi connectivity index (χ1) is 18.6. The van der Waals surface area contributed by atoms with Crippen LogP contribution in [0.1, 0.15) is 63.9 Å². The predicted octanol–water partition coefficient (Wildman–Crippen LogP) is 5.84. The molecule has 0 unspecified atom stereocenters. The van der Waals surface area contributed by atoms with Gasteiger partial charge in [-0.1, -0.05) is 26.8 Å². The van der Waals surface area contributed by atoms with E-state index in [0.29, 0.717) is 31.1 Å². The summed E-state index contributed by atoms with van der Waals surface area (Å²) in [4.78, 5) is 19.2. The number of nitrogens with two attached hydrogens (primary N) is 1. The molecular formula is C27H44F3N5O4S. The zero-order valence-electron chi connectivity index (χ0n) is 24.4. The molecule has 228 valence electrons. The van der Waals surface area contributed by atoms with Gasteiger partial charge in [-0.2, -0.15) is 13.2 Å². The molecule has 2 heterocycles. The van der Waals surface area contributed by atoms with E-state index < -0.39 is 22.1 Å². The van der Waals surface area contributed by atoms with Crippen LogP contribution in [0.5, 0.6) is 0 Å². The molecular weight excluding hydrogens is 547 g/mol. The maximum absolute atomic E-state index is 11.2. The third-order valence-corrected chi connectivity index (χ3v) is 4.30. The molecule has 0 saturated heterocycles. The van der Waals surface area contributed by atoms with Crippen LogP contribution in [0.3, 0.4) is 0 Å². The summed E-state index contributed by atoms with van der Waals surface area (Å²) in [7, 11) is -3.08. The Bertz CT molecular complexity index is 1060. The van der Waals surface area contributed by atoms with Crippen LogP contribution in [0.25, 0.3) is 0 Å². The fourth-order valence-corrected chi connectivity index (χ4v) is 2.67. The van der Waals surface area contributed by atoms with Crippen molar-refractivity contribution in [3.05, 3.63) is 78.5 Å². The summed E-state index contributed by atoms with van der Waals surface area (Å²) in [6.07, 6.45) is 6.78. The van der Waals surface area contributed by atoms with E-state index in [1.807, 2.05) is 52.8 Å². The number of amides is 1. The van der Waals surface area contributed by atoms with Crippen LogP contribution in [0, 0.1) is 0 Å². The van der Waals surface area contributed by atoms with Gasteiger partial charge in [0.25, 0.3) is 5.91 Å². The van der Waals surface area contributed by atoms with E-state index in [0.717, 1.165) is 24.0 Å². The van der Waals surface area contributed by atoms with E-state index in [1.54, 1.807) is 36.8 Å². The van der Waals surface area contributed by atoms with E-state index >= 15 is 0 Å². The molecule has 0 aliphatic heterocycles. The average molecular weight is 592 g/mol. The second kappa shape index (κ2) is 24.6. The molecule has 2 aromatic rings. The van der Waals surface area contributed by atoms with Crippen LogP contribution in [-0.2, 0) is 21.3 Å². The van der Waals surface area contributed by atoms with Gasteiger partial charge in [-0.05, 0) is 56.2 Å². The quantitative estimate of drug-likeness (QED) is 0.179. The Labute approximate surface area is 237 Å². The lowest BCUT2D eigenvalue weighted by Crippen LogP contribution is -2.25. The van der Waals surface area contributed by atoms with Crippen molar-refractivity contribution in [2.75, 3.05) is 24.7 Å². The molecule has 0 aliphatic rings. The molecule has 0 atom stereocenters. The molecule has 0 bridgehead atoms. The molecule has 0 fully saturated rings. The first-order valence-corrected chi connectivity index (χ1v) is 14.3. The monoisotopic (exact) mass is 591 g/mol. The summed E-state index contributed by atoms with van der Waals surface area (Å²) in [5.41, 5.74) is 6.70. The van der Waals surface area contributed by atoms with Gasteiger partial charge in [0.05, 0.1) is 17.6 Å². The van der Waals surface area contributed by atoms with E-state index in [9.17, 15) is 26.4 Å². The largest absolute Gasteiger partial charge is 0.497 e. The van der Waals surface area contributed by atoms with Crippen molar-refractivity contribution in [2.24, 2.45) is 5.73 Å². The summed E-state index contributed by atoms with van der Waals surface area (Å²) in [5, 5.41) is 3.07. The molecule has 0 saturated carbocycles. The number of nitrogens with zero attached hydrogens (tertiary/aromatic N) is 2. The molecule has 0 spiro atoms. The zero-order chi connectivity index (χ0) is 31.6. The highest BCUT2D eigenvalue weighted by atomic mass is 32.2. The molecule has 40 heavy (non-hydrogen) atoms. The lowest BCUT2D eigenvalue weighted by molar-refractivity contribution is -0.110. The van der Waals surface area contributed by atoms with Gasteiger partial charge in [-0.3, -0.25) is 9.78 Å². The highest BCUT2D eigenvalue weighted by Crippen LogP contribution is 2.12. The number of rotatable bonds is 10. The summed E-state index contributed by atoms with van der Waals surface area (Å²) in [5.74, 6) is 0.838. The number of ether oxygens (including phenoxy) is 1. The third kappa shape index (κ3) is 30.8. The average Bonchev–Trinajstić information content (AvgIpc) is 2.87. The third-order valence-electron chi connectivity index (χ3n) is 3.57. The number of primary amides is 1. The van der Waals surface area contributed by atoms with Gasteiger partial charge in [0.15, 0.2) is 0 Å². The van der Waals surface area contributed by atoms with Crippen LogP contribution in [-0.4, -0.2) is 49.9 Å². The van der Waals surface area contributed by atoms with Crippen molar-refractivity contribution in [3.63, 3.8) is 0 Å². The number of carbonyl (C=O) groups excluding carboxylic acids is 1. The zero-order valence-corrected chi connectivity index (χ0v) is 25.2. The highest BCUT2D eigenvalue weighted by molar-refractivity contribution is 7.88. The molecule has 9 nitrogen and oxygen atoms in total. The second-order valence-electron chi connectivity index (χ2n) is 7.40. The van der Waals surface area contributed by atoms with E-state index in [-0.39, 0.29) is 6.92 Å². The molecule has 2 aromatic heterocycles. The summed E-state index contributed by atoms with van der Waals surface area (Å²) in [6, 6.07) is 7.10. The van der Waals surface area contributed by atoms with Gasteiger partial charge in [-0.15, -0.1) is 6.58 Å². The smallest absolute Gasteiger partial charge is 0.386 e. The van der Waals surface area contributed by atoms with Crippen LogP contribution >= 0.6 is 0 Å². The Hall–Kier alpha value is -3.45. The van der Waals surface area contributed by atoms with Crippen LogP contribution in [0.15, 0.2) is 67.3 Å². The summed E-state index contributed by atoms with van der Waals surface area (Å²) >= 11 is 0. The van der Waals surface area contributed by atoms with Gasteiger partial charge < -0.3 is 15.8 Å². The Morgan fingerprint density at radius 1 is 1.18 bits per heavy atom. The number of carbonyl (C=O) groups is 1. The van der Waals surface area contributed by atoms with Gasteiger partial charge in [-0.25, -0.2) is 18.1 Å². The van der Waals surface area contributed by atoms with Gasteiger partial charge >= 0.3 is 6.18 Å². The number of hydrogen-bond acceptors (Lipinski definition) is 7. The number of hydrogen-bond donors (Lipinski definition) is 3. The molecule has 2 rings (SSSR count). The van der Waals surface area contributed by atoms with Gasteiger partial charge in [0, 0.05) is 38.6 Å². The van der Waals surface area contributed by atoms with Gasteiger partial charge in [0.2, 0.25) is 10.0 Å². The minimum atomic E-state index is -4.00. The summed E-state index contributed by atoms with van der Waals surface area (Å²) in [6.45, 7) is 14.6. The fraction of sp³-hybridized carbons (Fsp3) is 0.444. The Morgan fingerprint density at radius 3 is 2.15 bits per heavy atom. The number of anilines is 1. The van der Waals surface area contributed by atoms with Crippen molar-refractivity contribution in [1.82, 2.24) is 14.7 Å². The van der Waals surface area contributed by atoms with Gasteiger partial charge in [0.1, 0.15) is 12.4 Å². The minimum absolute atomic E-state index is 0.188. The van der Waals surface area contributed by atoms with Crippen LogP contribution in [0.2, 0.25) is 0 Å². The Morgan fingerprint density at radius 2 is 1.70 bits per heavy atom. The molecule has 0 aliphatic carbocycles. The number of allylic oxidation sites excluding steroid dienone is 3. The lowest BCUT2D eigenvalue weighted by atomic mass is 10.2. The second-order valence-corrected chi connectivity index (χ2v) is 9.23. The maximum Gasteiger partial charge on any atom is 0.386 e. The Kier molecular flexibility index (Phi) is 25.2. The SMILES string of the molecule is C=CC.CC.CC(F)(F)F.CC/C=C(\C)OCCNS(C)(=O)=O.NC(=O)c1cccnc1NCc1ccncc1. The van der Waals surface area contributed by atoms with Crippen molar-refractivity contribution in [2.45, 2.75) is 60.7 Å². The van der Waals surface area contributed by atoms with Crippen molar-refractivity contribution in [3.8, 4) is 0 Å². The van der Waals surface area contributed by atoms with Crippen molar-refractivity contribution < 1.29 is 31.1 Å². The number of halogens is 3. The number of aromatic nitrogens is 2. The molecule has 4 N–H and O–H groups in total. The normalized spacial score (nSPS) is 10.4. The first kappa shape index (κ1) is 41.0. The fourth-order valence-electron chi connectivity index (χ4n) is 2.22. The first-order valence-electron chi connectivity index (χ1n) is 12.4. The van der Waals surface area contributed by atoms with Crippen molar-refractivity contribution in [1.29, 1.82) is 0 Å². The lowest BCUT2D eigenvalue weighted by Gasteiger charge is -2.08. The predicted molar refractivity (Wildman–Crippen MR) is 156 cm³/mol. The number of nitrogens with one attached hydrogen (secondary N) is 2. The summed E-state index contributed by atoms with van der Waals surface area (Å²) < 4.78 is 59.9. The minimum Gasteiger partial charge on any atom is -0.497 e. The maximum atomic E-state index is 11.2. The highest BCUT2D eigenvalue weighted by Gasteiger charge is 2.15. The standard InChI is InChI=1S/C12H12N4O.C8H17NO3S.C3H6.C2H3F3.C2H6/c13-11(17)10-2-1-5-15-12(10)16-8-9-3-6-14-7-4-9;1-4-5-8(2)12-7-6-9-13(3,10)11;1-3-2;1-2(3,4)5;1-2/h1-7H,8H2,(H2,13,17)(H,15,16);5,9H,4,6-7H2,1-3H3;3H,1H2,2H3;1H3;1-2H3/b;8-5+;;;. The Balaban J connectivity index is -0.000000526. The van der Waals surface area contributed by atoms with Crippen LogP contribution in [0.4, 0.5) is 19.0 Å². The number of alkyl halides is 3.